The van der Waals surface area contributed by atoms with Gasteiger partial charge in [-0.05, 0) is 37.6 Å². The molecular weight excluding hydrogens is 245 g/mol. The number of aliphatic hydroxyl groups is 1. The van der Waals surface area contributed by atoms with E-state index in [0.717, 1.165) is 5.56 Å². The first-order valence-electron chi connectivity index (χ1n) is 5.33. The van der Waals surface area contributed by atoms with Crippen LogP contribution < -0.4 is 0 Å². The fraction of sp³-hybridized carbons (Fsp3) is 0.500. The third-order valence-corrected chi connectivity index (χ3v) is 3.10. The summed E-state index contributed by atoms with van der Waals surface area (Å²) in [6.45, 7) is 5.68. The predicted molar refractivity (Wildman–Crippen MR) is 69.1 cm³/mol. The first kappa shape index (κ1) is 13.8. The Kier molecular flexibility index (Phi) is 5.56. The fourth-order valence-corrected chi connectivity index (χ4v) is 1.90. The second-order valence-electron chi connectivity index (χ2n) is 4.02. The molecule has 0 fully saturated rings. The van der Waals surface area contributed by atoms with Crippen LogP contribution in [0.15, 0.2) is 18.2 Å². The summed E-state index contributed by atoms with van der Waals surface area (Å²) in [5.74, 6) is 0. The molecule has 0 atom stereocenters. The van der Waals surface area contributed by atoms with Gasteiger partial charge < -0.3 is 5.11 Å². The summed E-state index contributed by atoms with van der Waals surface area (Å²) in [5.41, 5.74) is 0.997. The van der Waals surface area contributed by atoms with Crippen LogP contribution >= 0.6 is 23.2 Å². The number of nitrogens with zero attached hydrogens (tertiary/aromatic N) is 1. The molecule has 0 bridgehead atoms. The number of hydrogen-bond acceptors (Lipinski definition) is 2. The van der Waals surface area contributed by atoms with Crippen molar-refractivity contribution < 1.29 is 5.11 Å². The molecule has 1 N–H and O–H groups in total. The Morgan fingerprint density at radius 2 is 2.00 bits per heavy atom. The van der Waals surface area contributed by atoms with Crippen molar-refractivity contribution >= 4 is 23.2 Å². The Hall–Kier alpha value is -0.280. The zero-order valence-corrected chi connectivity index (χ0v) is 11.1. The average molecular weight is 262 g/mol. The molecule has 0 radical (unpaired) electrons. The van der Waals surface area contributed by atoms with Crippen molar-refractivity contribution in [3.8, 4) is 0 Å². The lowest BCUT2D eigenvalue weighted by atomic mass is 10.2. The second-order valence-corrected chi connectivity index (χ2v) is 4.87. The standard InChI is InChI=1S/C12H17Cl2NO/c1-9(2)15(5-6-16)8-10-7-11(13)3-4-12(10)14/h3-4,7,9,16H,5-6,8H2,1-2H3. The van der Waals surface area contributed by atoms with Crippen molar-refractivity contribution in [2.75, 3.05) is 13.2 Å². The molecule has 2 nitrogen and oxygen atoms in total. The molecule has 0 aromatic heterocycles. The molecule has 90 valence electrons. The van der Waals surface area contributed by atoms with Gasteiger partial charge >= 0.3 is 0 Å². The SMILES string of the molecule is CC(C)N(CCO)Cc1cc(Cl)ccc1Cl. The number of hydrogen-bond donors (Lipinski definition) is 1. The summed E-state index contributed by atoms with van der Waals surface area (Å²) >= 11 is 12.0. The third kappa shape index (κ3) is 3.95. The maximum atomic E-state index is 8.99. The largest absolute Gasteiger partial charge is 0.395 e. The highest BCUT2D eigenvalue weighted by Gasteiger charge is 2.11. The number of benzene rings is 1. The molecule has 0 saturated heterocycles. The molecule has 0 amide bonds. The van der Waals surface area contributed by atoms with Crippen LogP contribution in [0.4, 0.5) is 0 Å². The highest BCUT2D eigenvalue weighted by molar-refractivity contribution is 6.33. The van der Waals surface area contributed by atoms with Crippen molar-refractivity contribution in [2.45, 2.75) is 26.4 Å². The molecule has 1 rings (SSSR count). The van der Waals surface area contributed by atoms with Gasteiger partial charge in [0.25, 0.3) is 0 Å². The fourth-order valence-electron chi connectivity index (χ4n) is 1.53. The van der Waals surface area contributed by atoms with Crippen molar-refractivity contribution in [1.82, 2.24) is 4.90 Å². The molecule has 0 aliphatic heterocycles. The van der Waals surface area contributed by atoms with Crippen molar-refractivity contribution in [3.05, 3.63) is 33.8 Å². The van der Waals surface area contributed by atoms with Gasteiger partial charge in [-0.3, -0.25) is 4.90 Å². The van der Waals surface area contributed by atoms with E-state index >= 15 is 0 Å². The third-order valence-electron chi connectivity index (χ3n) is 2.50. The van der Waals surface area contributed by atoms with E-state index in [1.54, 1.807) is 12.1 Å². The summed E-state index contributed by atoms with van der Waals surface area (Å²) in [6, 6.07) is 5.81. The number of aliphatic hydroxyl groups excluding tert-OH is 1. The second kappa shape index (κ2) is 6.45. The molecule has 0 spiro atoms. The summed E-state index contributed by atoms with van der Waals surface area (Å²) in [4.78, 5) is 2.15. The Morgan fingerprint density at radius 3 is 2.56 bits per heavy atom. The van der Waals surface area contributed by atoms with Crippen LogP contribution in [0.5, 0.6) is 0 Å². The molecule has 16 heavy (non-hydrogen) atoms. The summed E-state index contributed by atoms with van der Waals surface area (Å²) in [5, 5.41) is 10.4. The van der Waals surface area contributed by atoms with E-state index in [9.17, 15) is 0 Å². The van der Waals surface area contributed by atoms with Crippen LogP contribution in [0.25, 0.3) is 0 Å². The van der Waals surface area contributed by atoms with E-state index in [0.29, 0.717) is 29.2 Å². The lowest BCUT2D eigenvalue weighted by Crippen LogP contribution is -2.32. The number of rotatable bonds is 5. The van der Waals surface area contributed by atoms with Crippen molar-refractivity contribution in [3.63, 3.8) is 0 Å². The van der Waals surface area contributed by atoms with Gasteiger partial charge in [-0.1, -0.05) is 23.2 Å². The minimum atomic E-state index is 0.149. The van der Waals surface area contributed by atoms with Gasteiger partial charge in [-0.2, -0.15) is 0 Å². The van der Waals surface area contributed by atoms with Crippen LogP contribution in [-0.4, -0.2) is 29.2 Å². The average Bonchev–Trinajstić information content (AvgIpc) is 2.22. The van der Waals surface area contributed by atoms with Crippen molar-refractivity contribution in [2.24, 2.45) is 0 Å². The summed E-state index contributed by atoms with van der Waals surface area (Å²) in [6.07, 6.45) is 0. The van der Waals surface area contributed by atoms with Crippen LogP contribution in [0.2, 0.25) is 10.0 Å². The van der Waals surface area contributed by atoms with Gasteiger partial charge in [0.1, 0.15) is 0 Å². The van der Waals surface area contributed by atoms with Crippen LogP contribution in [0, 0.1) is 0 Å². The molecular formula is C12H17Cl2NO. The van der Waals surface area contributed by atoms with E-state index in [-0.39, 0.29) is 6.61 Å². The molecule has 0 aliphatic rings. The highest BCUT2D eigenvalue weighted by Crippen LogP contribution is 2.22. The molecule has 0 heterocycles. The maximum Gasteiger partial charge on any atom is 0.0558 e. The van der Waals surface area contributed by atoms with Gasteiger partial charge in [0, 0.05) is 29.2 Å². The zero-order chi connectivity index (χ0) is 12.1. The van der Waals surface area contributed by atoms with Gasteiger partial charge in [0.2, 0.25) is 0 Å². The van der Waals surface area contributed by atoms with Gasteiger partial charge in [0.15, 0.2) is 0 Å². The molecule has 0 unspecified atom stereocenters. The highest BCUT2D eigenvalue weighted by atomic mass is 35.5. The predicted octanol–water partition coefficient (Wildman–Crippen LogP) is 3.20. The molecule has 4 heteroatoms. The molecule has 1 aromatic carbocycles. The van der Waals surface area contributed by atoms with Gasteiger partial charge in [-0.15, -0.1) is 0 Å². The number of halogens is 2. The monoisotopic (exact) mass is 261 g/mol. The van der Waals surface area contributed by atoms with Crippen LogP contribution in [0.3, 0.4) is 0 Å². The lowest BCUT2D eigenvalue weighted by Gasteiger charge is -2.26. The van der Waals surface area contributed by atoms with Gasteiger partial charge in [0.05, 0.1) is 6.61 Å². The smallest absolute Gasteiger partial charge is 0.0558 e. The minimum Gasteiger partial charge on any atom is -0.395 e. The van der Waals surface area contributed by atoms with Crippen LogP contribution in [-0.2, 0) is 6.54 Å². The Labute approximate surface area is 107 Å². The zero-order valence-electron chi connectivity index (χ0n) is 9.58. The molecule has 0 saturated carbocycles. The maximum absolute atomic E-state index is 8.99. The van der Waals surface area contributed by atoms with Crippen molar-refractivity contribution in [1.29, 1.82) is 0 Å². The first-order valence-corrected chi connectivity index (χ1v) is 6.09. The molecule has 1 aromatic rings. The quantitative estimate of drug-likeness (QED) is 0.880. The van der Waals surface area contributed by atoms with E-state index in [2.05, 4.69) is 18.7 Å². The van der Waals surface area contributed by atoms with Gasteiger partial charge in [-0.25, -0.2) is 0 Å². The normalized spacial score (nSPS) is 11.4. The summed E-state index contributed by atoms with van der Waals surface area (Å²) in [7, 11) is 0. The van der Waals surface area contributed by atoms with E-state index in [4.69, 9.17) is 28.3 Å². The van der Waals surface area contributed by atoms with E-state index < -0.39 is 0 Å². The minimum absolute atomic E-state index is 0.149. The van der Waals surface area contributed by atoms with E-state index in [1.165, 1.54) is 0 Å². The van der Waals surface area contributed by atoms with Crippen LogP contribution in [0.1, 0.15) is 19.4 Å². The Morgan fingerprint density at radius 1 is 1.31 bits per heavy atom. The Balaban J connectivity index is 2.80. The first-order chi connectivity index (χ1) is 7.54. The lowest BCUT2D eigenvalue weighted by molar-refractivity contribution is 0.159. The van der Waals surface area contributed by atoms with E-state index in [1.807, 2.05) is 6.07 Å². The Bertz CT molecular complexity index is 342. The summed E-state index contributed by atoms with van der Waals surface area (Å²) < 4.78 is 0. The molecule has 0 aliphatic carbocycles. The topological polar surface area (TPSA) is 23.5 Å².